The van der Waals surface area contributed by atoms with E-state index in [1.807, 2.05) is 60.5 Å². The van der Waals surface area contributed by atoms with Gasteiger partial charge in [0, 0.05) is 29.7 Å². The summed E-state index contributed by atoms with van der Waals surface area (Å²) in [5, 5.41) is 11.5. The Bertz CT molecular complexity index is 1140. The zero-order valence-corrected chi connectivity index (χ0v) is 29.4. The van der Waals surface area contributed by atoms with Crippen molar-refractivity contribution in [2.75, 3.05) is 27.3 Å². The number of Topliss-reactive ketones (excluding diaryl/α,β-unsaturated/α-hetero) is 1. The van der Waals surface area contributed by atoms with Gasteiger partial charge in [-0.3, -0.25) is 14.4 Å². The van der Waals surface area contributed by atoms with E-state index in [2.05, 4.69) is 6.58 Å². The molecule has 4 fully saturated rings. The van der Waals surface area contributed by atoms with E-state index in [0.29, 0.717) is 18.4 Å². The van der Waals surface area contributed by atoms with Crippen LogP contribution in [0.1, 0.15) is 81.1 Å². The fourth-order valence-electron chi connectivity index (χ4n) is 8.39. The number of ether oxygens (including phenoxy) is 6. The zero-order chi connectivity index (χ0) is 34.3. The van der Waals surface area contributed by atoms with Crippen molar-refractivity contribution in [1.29, 1.82) is 0 Å². The third-order valence-electron chi connectivity index (χ3n) is 11.1. The fraction of sp³-hybridized carbons (Fsp3) is 0.857. The lowest BCUT2D eigenvalue weighted by molar-refractivity contribution is -0.302. The second kappa shape index (κ2) is 14.3. The molecule has 4 rings (SSSR count). The summed E-state index contributed by atoms with van der Waals surface area (Å²) in [6, 6.07) is -0.205. The van der Waals surface area contributed by atoms with Crippen molar-refractivity contribution in [2.24, 2.45) is 29.6 Å². The van der Waals surface area contributed by atoms with Crippen molar-refractivity contribution in [3.63, 3.8) is 0 Å². The number of hydrogen-bond donors (Lipinski definition) is 1. The van der Waals surface area contributed by atoms with Crippen molar-refractivity contribution in [3.8, 4) is 0 Å². The molecular weight excluding hydrogens is 594 g/mol. The van der Waals surface area contributed by atoms with E-state index in [1.165, 1.54) is 0 Å². The Morgan fingerprint density at radius 2 is 1.72 bits per heavy atom. The van der Waals surface area contributed by atoms with Crippen molar-refractivity contribution in [1.82, 2.24) is 4.90 Å². The molecule has 0 aliphatic carbocycles. The second-order valence-electron chi connectivity index (χ2n) is 15.0. The summed E-state index contributed by atoms with van der Waals surface area (Å²) in [4.78, 5) is 42.9. The first-order chi connectivity index (χ1) is 21.4. The number of esters is 2. The van der Waals surface area contributed by atoms with Gasteiger partial charge in [0.25, 0.3) is 0 Å². The molecule has 0 spiro atoms. The van der Waals surface area contributed by atoms with Crippen LogP contribution in [0.3, 0.4) is 0 Å². The Hall–Kier alpha value is -1.89. The van der Waals surface area contributed by atoms with Crippen LogP contribution in [0.2, 0.25) is 0 Å². The molecule has 1 N–H and O–H groups in total. The number of likely N-dealkylation sites (N-methyl/N-ethyl adjacent to an activating group) is 1. The van der Waals surface area contributed by atoms with Gasteiger partial charge in [-0.1, -0.05) is 34.3 Å². The molecule has 0 aromatic rings. The molecule has 4 saturated heterocycles. The van der Waals surface area contributed by atoms with Crippen molar-refractivity contribution < 1.29 is 47.9 Å². The Morgan fingerprint density at radius 1 is 1.04 bits per heavy atom. The largest absolute Gasteiger partial charge is 0.458 e. The van der Waals surface area contributed by atoms with Crippen LogP contribution in [0.4, 0.5) is 0 Å². The number of hydrogen-bond acceptors (Lipinski definition) is 11. The number of cyclic esters (lactones) is 1. The minimum absolute atomic E-state index is 0.0425. The highest BCUT2D eigenvalue weighted by molar-refractivity contribution is 5.85. The van der Waals surface area contributed by atoms with E-state index in [1.54, 1.807) is 13.8 Å². The highest BCUT2D eigenvalue weighted by atomic mass is 16.7. The number of nitrogens with zero attached hydrogens (tertiary/aromatic N) is 1. The van der Waals surface area contributed by atoms with Gasteiger partial charge in [-0.15, -0.1) is 0 Å². The molecule has 4 aliphatic rings. The molecule has 0 amide bonds. The van der Waals surface area contributed by atoms with Crippen LogP contribution in [0.25, 0.3) is 0 Å². The lowest BCUT2D eigenvalue weighted by Crippen LogP contribution is -2.60. The van der Waals surface area contributed by atoms with Gasteiger partial charge < -0.3 is 38.4 Å². The molecule has 0 aromatic heterocycles. The molecular formula is C35H57NO10. The van der Waals surface area contributed by atoms with Crippen LogP contribution in [-0.4, -0.2) is 109 Å². The topological polar surface area (TPSA) is 130 Å². The maximum absolute atomic E-state index is 14.2. The standard InChI is InChI=1S/C35H57NO10/c1-12-26-35(9)24(14-27(37)46-35)21(5)28(38)19(3)15-34(8)31(45-33-29(39)25(36(10)11)13-20(4)43-33)22(6)30(23(7)32(40)44-26)41-16-18(2)17-42-34/h19-26,29-31,33,39H,2,12-17H2,1,3-11H3/t19-,20-,21-,22+,23-,24+,25+,26-,29-,30+,31-,33+,34-,35+/m1/s1. The van der Waals surface area contributed by atoms with Crippen molar-refractivity contribution in [2.45, 2.75) is 135 Å². The quantitative estimate of drug-likeness (QED) is 0.353. The first-order valence-corrected chi connectivity index (χ1v) is 17.0. The monoisotopic (exact) mass is 651 g/mol. The van der Waals surface area contributed by atoms with Crippen LogP contribution in [0.15, 0.2) is 12.2 Å². The van der Waals surface area contributed by atoms with Gasteiger partial charge >= 0.3 is 11.9 Å². The molecule has 0 radical (unpaired) electrons. The van der Waals surface area contributed by atoms with Gasteiger partial charge in [0.2, 0.25) is 0 Å². The number of ketones is 1. The average Bonchev–Trinajstić information content (AvgIpc) is 3.32. The summed E-state index contributed by atoms with van der Waals surface area (Å²) in [5.41, 5.74) is -1.58. The molecule has 2 bridgehead atoms. The molecule has 14 atom stereocenters. The maximum atomic E-state index is 14.2. The number of fused-ring (bicyclic) bond motifs is 4. The Labute approximate surface area is 274 Å². The molecule has 4 aliphatic heterocycles. The number of carbonyl (C=O) groups excluding carboxylic acids is 3. The van der Waals surface area contributed by atoms with Crippen LogP contribution in [-0.2, 0) is 42.8 Å². The van der Waals surface area contributed by atoms with E-state index in [9.17, 15) is 19.5 Å². The highest BCUT2D eigenvalue weighted by Gasteiger charge is 2.57. The Balaban J connectivity index is 1.83. The summed E-state index contributed by atoms with van der Waals surface area (Å²) >= 11 is 0. The van der Waals surface area contributed by atoms with Gasteiger partial charge in [0.1, 0.15) is 23.6 Å². The molecule has 0 saturated carbocycles. The Kier molecular flexibility index (Phi) is 11.5. The van der Waals surface area contributed by atoms with Gasteiger partial charge in [-0.2, -0.15) is 0 Å². The molecule has 4 heterocycles. The van der Waals surface area contributed by atoms with Crippen molar-refractivity contribution >= 4 is 17.7 Å². The summed E-state index contributed by atoms with van der Waals surface area (Å²) in [6.07, 6.45) is -3.02. The normalized spacial score (nSPS) is 46.5. The highest BCUT2D eigenvalue weighted by Crippen LogP contribution is 2.46. The van der Waals surface area contributed by atoms with E-state index in [4.69, 9.17) is 28.4 Å². The number of aliphatic hydroxyl groups is 1. The molecule has 0 unspecified atom stereocenters. The molecule has 11 heteroatoms. The average molecular weight is 652 g/mol. The summed E-state index contributed by atoms with van der Waals surface area (Å²) in [6.45, 7) is 19.4. The van der Waals surface area contributed by atoms with Crippen LogP contribution in [0, 0.1) is 29.6 Å². The first-order valence-electron chi connectivity index (χ1n) is 17.0. The second-order valence-corrected chi connectivity index (χ2v) is 15.0. The van der Waals surface area contributed by atoms with Crippen LogP contribution < -0.4 is 0 Å². The van der Waals surface area contributed by atoms with E-state index >= 15 is 0 Å². The maximum Gasteiger partial charge on any atom is 0.311 e. The first kappa shape index (κ1) is 36.9. The predicted molar refractivity (Wildman–Crippen MR) is 170 cm³/mol. The minimum Gasteiger partial charge on any atom is -0.458 e. The predicted octanol–water partition coefficient (Wildman–Crippen LogP) is 3.69. The molecule has 262 valence electrons. The van der Waals surface area contributed by atoms with Crippen LogP contribution >= 0.6 is 0 Å². The fourth-order valence-corrected chi connectivity index (χ4v) is 8.39. The molecule has 0 aromatic carbocycles. The number of aliphatic hydroxyl groups excluding tert-OH is 1. The van der Waals surface area contributed by atoms with E-state index < -0.39 is 83.4 Å². The smallest absolute Gasteiger partial charge is 0.311 e. The molecule has 46 heavy (non-hydrogen) atoms. The third-order valence-corrected chi connectivity index (χ3v) is 11.1. The third kappa shape index (κ3) is 7.25. The van der Waals surface area contributed by atoms with E-state index in [-0.39, 0.29) is 44.0 Å². The van der Waals surface area contributed by atoms with Gasteiger partial charge in [-0.05, 0) is 66.6 Å². The number of carbonyl (C=O) groups is 3. The van der Waals surface area contributed by atoms with Gasteiger partial charge in [0.05, 0.1) is 49.5 Å². The summed E-state index contributed by atoms with van der Waals surface area (Å²) in [7, 11) is 3.83. The Morgan fingerprint density at radius 3 is 2.35 bits per heavy atom. The minimum atomic E-state index is -1.16. The van der Waals surface area contributed by atoms with Crippen molar-refractivity contribution in [3.05, 3.63) is 12.2 Å². The van der Waals surface area contributed by atoms with E-state index in [0.717, 1.165) is 0 Å². The SMILES string of the molecule is C=C1CO[C@H]2[C@H](C)[C@@H](O[C@@H]3O[C@H](C)C[C@H](N(C)C)[C@H]3O)[C@@](C)(C[C@@H](C)C(=O)[C@H](C)[C@@H]3CC(=O)O[C@]3(C)[C@@H](CC)OC(=O)[C@@H]2C)OC1. The summed E-state index contributed by atoms with van der Waals surface area (Å²) in [5.74, 6) is -3.74. The number of rotatable bonds is 4. The summed E-state index contributed by atoms with van der Waals surface area (Å²) < 4.78 is 38.1. The van der Waals surface area contributed by atoms with Gasteiger partial charge in [-0.25, -0.2) is 0 Å². The lowest BCUT2D eigenvalue weighted by Gasteiger charge is -2.48. The van der Waals surface area contributed by atoms with Gasteiger partial charge in [0.15, 0.2) is 6.29 Å². The van der Waals surface area contributed by atoms with Crippen LogP contribution in [0.5, 0.6) is 0 Å². The molecule has 11 nitrogen and oxygen atoms in total. The zero-order valence-electron chi connectivity index (χ0n) is 29.4. The lowest BCUT2D eigenvalue weighted by atomic mass is 9.70.